The third-order valence-electron chi connectivity index (χ3n) is 5.36. The van der Waals surface area contributed by atoms with Crippen molar-refractivity contribution in [3.63, 3.8) is 0 Å². The van der Waals surface area contributed by atoms with Crippen LogP contribution in [0, 0.1) is 5.92 Å². The van der Waals surface area contributed by atoms with E-state index in [1.807, 2.05) is 60.7 Å². The molecule has 0 radical (unpaired) electrons. The Kier molecular flexibility index (Phi) is 6.59. The maximum Gasteiger partial charge on any atom is 0.255 e. The van der Waals surface area contributed by atoms with E-state index in [4.69, 9.17) is 9.15 Å². The van der Waals surface area contributed by atoms with Crippen LogP contribution < -0.4 is 10.1 Å². The van der Waals surface area contributed by atoms with Crippen LogP contribution in [0.25, 0.3) is 22.3 Å². The van der Waals surface area contributed by atoms with Crippen molar-refractivity contribution in [2.75, 3.05) is 6.54 Å². The highest BCUT2D eigenvalue weighted by Gasteiger charge is 2.22. The van der Waals surface area contributed by atoms with Gasteiger partial charge in [-0.05, 0) is 36.6 Å². The van der Waals surface area contributed by atoms with Crippen LogP contribution in [-0.4, -0.2) is 18.2 Å². The summed E-state index contributed by atoms with van der Waals surface area (Å²) in [5, 5.41) is 3.80. The number of ether oxygens (including phenoxy) is 1. The van der Waals surface area contributed by atoms with Gasteiger partial charge in [-0.15, -0.1) is 0 Å². The molecule has 4 rings (SSSR count). The number of ketones is 1. The molecule has 1 N–H and O–H groups in total. The molecule has 0 atom stereocenters. The first-order valence-electron chi connectivity index (χ1n) is 11.0. The van der Waals surface area contributed by atoms with Gasteiger partial charge in [0.15, 0.2) is 5.78 Å². The number of nitrogens with one attached hydrogen (secondary N) is 1. The maximum atomic E-state index is 13.0. The summed E-state index contributed by atoms with van der Waals surface area (Å²) in [6, 6.07) is 22.5. The number of fused-ring (bicyclic) bond motifs is 1. The molecule has 0 aliphatic heterocycles. The number of carbonyl (C=O) groups excluding carboxylic acids is 2. The molecule has 3 aromatic carbocycles. The van der Waals surface area contributed by atoms with E-state index in [-0.39, 0.29) is 11.7 Å². The minimum atomic E-state index is -0.138. The fourth-order valence-corrected chi connectivity index (χ4v) is 3.58. The normalized spacial score (nSPS) is 11.0. The largest absolute Gasteiger partial charge is 0.489 e. The minimum Gasteiger partial charge on any atom is -0.489 e. The molecule has 0 unspecified atom stereocenters. The molecule has 5 heteroatoms. The van der Waals surface area contributed by atoms with Crippen molar-refractivity contribution in [2.45, 2.75) is 27.4 Å². The zero-order chi connectivity index (χ0) is 23.4. The van der Waals surface area contributed by atoms with Gasteiger partial charge in [-0.3, -0.25) is 9.59 Å². The monoisotopic (exact) mass is 441 g/mol. The van der Waals surface area contributed by atoms with Crippen LogP contribution in [0.1, 0.15) is 47.1 Å². The van der Waals surface area contributed by atoms with E-state index in [0.29, 0.717) is 47.3 Å². The molecule has 1 aromatic heterocycles. The number of carbonyl (C=O) groups is 2. The van der Waals surface area contributed by atoms with Crippen molar-refractivity contribution in [1.82, 2.24) is 5.32 Å². The lowest BCUT2D eigenvalue weighted by Crippen LogP contribution is -2.27. The van der Waals surface area contributed by atoms with Crippen molar-refractivity contribution >= 4 is 22.7 Å². The summed E-state index contributed by atoms with van der Waals surface area (Å²) in [6.07, 6.45) is 0. The van der Waals surface area contributed by atoms with Crippen LogP contribution >= 0.6 is 0 Å². The first kappa shape index (κ1) is 22.3. The molecule has 1 amide bonds. The maximum absolute atomic E-state index is 13.0. The lowest BCUT2D eigenvalue weighted by molar-refractivity contribution is 0.0949. The average molecular weight is 442 g/mol. The summed E-state index contributed by atoms with van der Waals surface area (Å²) < 4.78 is 11.9. The van der Waals surface area contributed by atoms with Crippen LogP contribution in [0.3, 0.4) is 0 Å². The van der Waals surface area contributed by atoms with E-state index in [2.05, 4.69) is 19.2 Å². The van der Waals surface area contributed by atoms with Gasteiger partial charge in [0.05, 0.1) is 5.56 Å². The summed E-state index contributed by atoms with van der Waals surface area (Å²) in [7, 11) is 0. The van der Waals surface area contributed by atoms with Gasteiger partial charge in [0.1, 0.15) is 23.7 Å². The van der Waals surface area contributed by atoms with Crippen molar-refractivity contribution < 1.29 is 18.7 Å². The topological polar surface area (TPSA) is 68.5 Å². The molecular weight excluding hydrogens is 414 g/mol. The van der Waals surface area contributed by atoms with Gasteiger partial charge in [0.25, 0.3) is 5.91 Å². The first-order chi connectivity index (χ1) is 15.9. The van der Waals surface area contributed by atoms with Gasteiger partial charge in [-0.25, -0.2) is 0 Å². The van der Waals surface area contributed by atoms with Crippen molar-refractivity contribution in [1.29, 1.82) is 0 Å². The zero-order valence-electron chi connectivity index (χ0n) is 19.1. The summed E-state index contributed by atoms with van der Waals surface area (Å²) in [6.45, 7) is 6.62. The number of rotatable bonds is 8. The summed E-state index contributed by atoms with van der Waals surface area (Å²) >= 11 is 0. The van der Waals surface area contributed by atoms with E-state index < -0.39 is 0 Å². The molecule has 4 aromatic rings. The van der Waals surface area contributed by atoms with Crippen LogP contribution in [0.4, 0.5) is 0 Å². The van der Waals surface area contributed by atoms with Crippen LogP contribution in [0.15, 0.2) is 77.2 Å². The molecular formula is C28H27NO4. The van der Waals surface area contributed by atoms with E-state index in [1.54, 1.807) is 12.1 Å². The molecule has 0 bridgehead atoms. The highest BCUT2D eigenvalue weighted by molar-refractivity contribution is 6.11. The Labute approximate surface area is 193 Å². The highest BCUT2D eigenvalue weighted by atomic mass is 16.5. The van der Waals surface area contributed by atoms with E-state index >= 15 is 0 Å². The second-order valence-corrected chi connectivity index (χ2v) is 8.48. The Hall–Kier alpha value is -3.86. The lowest BCUT2D eigenvalue weighted by atomic mass is 10.0. The second kappa shape index (κ2) is 9.74. The fraction of sp³-hybridized carbons (Fsp3) is 0.214. The summed E-state index contributed by atoms with van der Waals surface area (Å²) in [4.78, 5) is 24.6. The predicted octanol–water partition coefficient (Wildman–Crippen LogP) is 6.27. The zero-order valence-corrected chi connectivity index (χ0v) is 19.1. The van der Waals surface area contributed by atoms with Gasteiger partial charge >= 0.3 is 0 Å². The van der Waals surface area contributed by atoms with E-state index in [9.17, 15) is 9.59 Å². The number of hydrogen-bond acceptors (Lipinski definition) is 4. The average Bonchev–Trinajstić information content (AvgIpc) is 3.21. The standard InChI is InChI=1S/C28H27NO4/c1-18(2)16-29-28(31)26-24-9-4-5-10-25(24)33-27(26)21-13-11-20(12-14-21)17-32-23-8-6-7-22(15-23)19(3)30/h4-15,18H,16-17H2,1-3H3,(H,29,31). The number of hydrogen-bond donors (Lipinski definition) is 1. The number of para-hydroxylation sites is 1. The molecule has 1 heterocycles. The third kappa shape index (κ3) is 5.14. The third-order valence-corrected chi connectivity index (χ3v) is 5.36. The number of Topliss-reactive ketones (excluding diaryl/α,β-unsaturated/α-hetero) is 1. The smallest absolute Gasteiger partial charge is 0.255 e. The van der Waals surface area contributed by atoms with Gasteiger partial charge in [0.2, 0.25) is 0 Å². The predicted molar refractivity (Wildman–Crippen MR) is 130 cm³/mol. The minimum absolute atomic E-state index is 0.00359. The Morgan fingerprint density at radius 2 is 1.73 bits per heavy atom. The molecule has 5 nitrogen and oxygen atoms in total. The van der Waals surface area contributed by atoms with Gasteiger partial charge in [-0.2, -0.15) is 0 Å². The van der Waals surface area contributed by atoms with E-state index in [0.717, 1.165) is 16.5 Å². The van der Waals surface area contributed by atoms with Crippen LogP contribution in [-0.2, 0) is 6.61 Å². The van der Waals surface area contributed by atoms with Crippen LogP contribution in [0.2, 0.25) is 0 Å². The highest BCUT2D eigenvalue weighted by Crippen LogP contribution is 2.34. The van der Waals surface area contributed by atoms with Crippen molar-refractivity contribution in [3.8, 4) is 17.1 Å². The van der Waals surface area contributed by atoms with Gasteiger partial charge in [-0.1, -0.05) is 68.4 Å². The Bertz CT molecular complexity index is 1290. The number of amides is 1. The SMILES string of the molecule is CC(=O)c1cccc(OCc2ccc(-c3oc4ccccc4c3C(=O)NCC(C)C)cc2)c1. The second-order valence-electron chi connectivity index (χ2n) is 8.48. The molecule has 0 saturated heterocycles. The Morgan fingerprint density at radius 3 is 2.45 bits per heavy atom. The molecule has 0 saturated carbocycles. The quantitative estimate of drug-likeness (QED) is 0.327. The van der Waals surface area contributed by atoms with Gasteiger partial charge < -0.3 is 14.5 Å². The number of furan rings is 1. The van der Waals surface area contributed by atoms with Crippen molar-refractivity contribution in [3.05, 3.63) is 89.5 Å². The van der Waals surface area contributed by atoms with Gasteiger partial charge in [0, 0.05) is 23.1 Å². The fourth-order valence-electron chi connectivity index (χ4n) is 3.58. The summed E-state index contributed by atoms with van der Waals surface area (Å²) in [5.41, 5.74) is 3.64. The summed E-state index contributed by atoms with van der Waals surface area (Å²) in [5.74, 6) is 1.42. The lowest BCUT2D eigenvalue weighted by Gasteiger charge is -2.09. The molecule has 0 fully saturated rings. The Balaban J connectivity index is 1.57. The van der Waals surface area contributed by atoms with Crippen molar-refractivity contribution in [2.24, 2.45) is 5.92 Å². The van der Waals surface area contributed by atoms with E-state index in [1.165, 1.54) is 6.92 Å². The molecule has 0 spiro atoms. The number of benzene rings is 3. The molecule has 168 valence electrons. The molecule has 0 aliphatic rings. The molecule has 33 heavy (non-hydrogen) atoms. The van der Waals surface area contributed by atoms with Crippen LogP contribution in [0.5, 0.6) is 5.75 Å². The first-order valence-corrected chi connectivity index (χ1v) is 11.0. The molecule has 0 aliphatic carbocycles. The Morgan fingerprint density at radius 1 is 0.970 bits per heavy atom.